The van der Waals surface area contributed by atoms with Crippen LogP contribution in [0.3, 0.4) is 0 Å². The molecule has 0 saturated carbocycles. The molecule has 1 aromatic carbocycles. The number of anilines is 1. The first-order valence-electron chi connectivity index (χ1n) is 8.28. The molecule has 1 saturated heterocycles. The summed E-state index contributed by atoms with van der Waals surface area (Å²) in [6.45, 7) is 4.30. The first kappa shape index (κ1) is 17.1. The van der Waals surface area contributed by atoms with Gasteiger partial charge in [-0.3, -0.25) is 14.6 Å². The third kappa shape index (κ3) is 3.68. The van der Waals surface area contributed by atoms with Gasteiger partial charge in [0.15, 0.2) is 0 Å². The van der Waals surface area contributed by atoms with Crippen molar-refractivity contribution in [2.24, 2.45) is 0 Å². The molecule has 2 heterocycles. The van der Waals surface area contributed by atoms with Gasteiger partial charge in [-0.2, -0.15) is 0 Å². The zero-order chi connectivity index (χ0) is 18.0. The van der Waals surface area contributed by atoms with E-state index in [1.54, 1.807) is 23.2 Å². The van der Waals surface area contributed by atoms with Crippen LogP contribution in [-0.4, -0.2) is 23.3 Å². The van der Waals surface area contributed by atoms with Gasteiger partial charge < -0.3 is 10.2 Å². The quantitative estimate of drug-likeness (QED) is 0.929. The Balaban J connectivity index is 1.76. The molecule has 0 radical (unpaired) electrons. The number of aromatic nitrogens is 1. The topological polar surface area (TPSA) is 62.3 Å². The number of hydrogen-bond acceptors (Lipinski definition) is 3. The van der Waals surface area contributed by atoms with E-state index in [0.29, 0.717) is 24.2 Å². The van der Waals surface area contributed by atoms with Gasteiger partial charge in [0.25, 0.3) is 5.91 Å². The lowest BCUT2D eigenvalue weighted by molar-refractivity contribution is -0.117. The van der Waals surface area contributed by atoms with Crippen LogP contribution in [0.1, 0.15) is 47.3 Å². The fourth-order valence-electron chi connectivity index (χ4n) is 3.10. The van der Waals surface area contributed by atoms with Crippen LogP contribution in [0.5, 0.6) is 0 Å². The van der Waals surface area contributed by atoms with Crippen LogP contribution in [-0.2, 0) is 4.79 Å². The highest BCUT2D eigenvalue weighted by atomic mass is 19.1. The summed E-state index contributed by atoms with van der Waals surface area (Å²) in [7, 11) is 0. The molecule has 2 aromatic rings. The van der Waals surface area contributed by atoms with E-state index in [1.807, 2.05) is 13.8 Å². The van der Waals surface area contributed by atoms with Crippen molar-refractivity contribution in [3.8, 4) is 0 Å². The minimum Gasteiger partial charge on any atom is -0.345 e. The van der Waals surface area contributed by atoms with Crippen LogP contribution in [0, 0.1) is 12.7 Å². The highest BCUT2D eigenvalue weighted by Gasteiger charge is 2.23. The van der Waals surface area contributed by atoms with E-state index in [1.165, 1.54) is 18.3 Å². The zero-order valence-corrected chi connectivity index (χ0v) is 14.3. The number of nitrogens with one attached hydrogen (secondary N) is 1. The summed E-state index contributed by atoms with van der Waals surface area (Å²) in [6, 6.07) is 5.90. The highest BCUT2D eigenvalue weighted by molar-refractivity contribution is 5.98. The number of nitrogens with zero attached hydrogens (tertiary/aromatic N) is 2. The molecule has 1 atom stereocenters. The van der Waals surface area contributed by atoms with Gasteiger partial charge in [0.05, 0.1) is 23.5 Å². The normalized spacial score (nSPS) is 15.3. The number of carbonyl (C=O) groups excluding carboxylic acids is 2. The van der Waals surface area contributed by atoms with Crippen LogP contribution >= 0.6 is 0 Å². The summed E-state index contributed by atoms with van der Waals surface area (Å²) in [5, 5.41) is 2.90. The number of benzene rings is 1. The molecule has 1 aliphatic rings. The molecular weight excluding hydrogens is 321 g/mol. The Morgan fingerprint density at radius 3 is 2.80 bits per heavy atom. The van der Waals surface area contributed by atoms with Gasteiger partial charge in [-0.15, -0.1) is 0 Å². The largest absolute Gasteiger partial charge is 0.345 e. The van der Waals surface area contributed by atoms with Gasteiger partial charge in [0, 0.05) is 19.2 Å². The molecule has 1 fully saturated rings. The molecule has 25 heavy (non-hydrogen) atoms. The second kappa shape index (κ2) is 7.01. The van der Waals surface area contributed by atoms with Crippen molar-refractivity contribution in [1.82, 2.24) is 10.3 Å². The van der Waals surface area contributed by atoms with E-state index in [-0.39, 0.29) is 23.7 Å². The lowest BCUT2D eigenvalue weighted by Gasteiger charge is -2.18. The highest BCUT2D eigenvalue weighted by Crippen LogP contribution is 2.22. The van der Waals surface area contributed by atoms with Crippen LogP contribution in [0.2, 0.25) is 0 Å². The summed E-state index contributed by atoms with van der Waals surface area (Å²) in [5.74, 6) is -0.529. The molecule has 6 heteroatoms. The molecule has 130 valence electrons. The maximum absolute atomic E-state index is 13.2. The number of amides is 2. The third-order valence-corrected chi connectivity index (χ3v) is 4.42. The number of carbonyl (C=O) groups is 2. The average molecular weight is 341 g/mol. The second-order valence-corrected chi connectivity index (χ2v) is 6.28. The number of rotatable bonds is 4. The predicted octanol–water partition coefficient (Wildman–Crippen LogP) is 3.15. The Morgan fingerprint density at radius 1 is 1.32 bits per heavy atom. The van der Waals surface area contributed by atoms with Crippen LogP contribution < -0.4 is 10.2 Å². The Morgan fingerprint density at radius 2 is 2.12 bits per heavy atom. The monoisotopic (exact) mass is 341 g/mol. The summed E-state index contributed by atoms with van der Waals surface area (Å²) in [5.41, 5.74) is 2.67. The molecule has 0 bridgehead atoms. The van der Waals surface area contributed by atoms with E-state index >= 15 is 0 Å². The van der Waals surface area contributed by atoms with Crippen molar-refractivity contribution in [2.75, 3.05) is 11.4 Å². The van der Waals surface area contributed by atoms with Crippen LogP contribution in [0.15, 0.2) is 36.7 Å². The summed E-state index contributed by atoms with van der Waals surface area (Å²) in [4.78, 5) is 30.1. The van der Waals surface area contributed by atoms with E-state index in [2.05, 4.69) is 10.3 Å². The number of halogens is 1. The molecule has 5 nitrogen and oxygen atoms in total. The van der Waals surface area contributed by atoms with Gasteiger partial charge >= 0.3 is 0 Å². The Kier molecular flexibility index (Phi) is 4.79. The molecule has 3 rings (SSSR count). The number of pyridine rings is 1. The Labute approximate surface area is 145 Å². The third-order valence-electron chi connectivity index (χ3n) is 4.42. The van der Waals surface area contributed by atoms with E-state index < -0.39 is 0 Å². The molecule has 1 N–H and O–H groups in total. The molecule has 1 aromatic heterocycles. The standard InChI is InChI=1S/C19H20FN3O2/c1-12-8-15(20)5-6-17(12)13(2)22-19(25)14-9-16(11-21-10-14)23-7-3-4-18(23)24/h5-6,8-11,13H,3-4,7H2,1-2H3,(H,22,25)/t13-/m1/s1. The first-order chi connectivity index (χ1) is 12.0. The van der Waals surface area contributed by atoms with Gasteiger partial charge in [-0.1, -0.05) is 6.07 Å². The average Bonchev–Trinajstić information content (AvgIpc) is 3.01. The lowest BCUT2D eigenvalue weighted by Crippen LogP contribution is -2.28. The van der Waals surface area contributed by atoms with Crippen LogP contribution in [0.25, 0.3) is 0 Å². The predicted molar refractivity (Wildman–Crippen MR) is 92.8 cm³/mol. The minimum absolute atomic E-state index is 0.0506. The molecule has 0 aliphatic carbocycles. The van der Waals surface area contributed by atoms with Gasteiger partial charge in [0.1, 0.15) is 5.82 Å². The zero-order valence-electron chi connectivity index (χ0n) is 14.3. The van der Waals surface area contributed by atoms with Crippen molar-refractivity contribution in [2.45, 2.75) is 32.7 Å². The summed E-state index contributed by atoms with van der Waals surface area (Å²) < 4.78 is 13.2. The lowest BCUT2D eigenvalue weighted by atomic mass is 10.0. The maximum atomic E-state index is 13.2. The van der Waals surface area contributed by atoms with Gasteiger partial charge in [-0.05, 0) is 49.6 Å². The molecular formula is C19H20FN3O2. The molecule has 0 unspecified atom stereocenters. The number of aryl methyl sites for hydroxylation is 1. The molecule has 0 spiro atoms. The maximum Gasteiger partial charge on any atom is 0.253 e. The van der Waals surface area contributed by atoms with Crippen LogP contribution in [0.4, 0.5) is 10.1 Å². The smallest absolute Gasteiger partial charge is 0.253 e. The van der Waals surface area contributed by atoms with E-state index in [4.69, 9.17) is 0 Å². The van der Waals surface area contributed by atoms with Crippen molar-refractivity contribution < 1.29 is 14.0 Å². The molecule has 2 amide bonds. The van der Waals surface area contributed by atoms with E-state index in [0.717, 1.165) is 17.5 Å². The minimum atomic E-state index is -0.299. The van der Waals surface area contributed by atoms with Gasteiger partial charge in [0.2, 0.25) is 5.91 Å². The summed E-state index contributed by atoms with van der Waals surface area (Å²) >= 11 is 0. The second-order valence-electron chi connectivity index (χ2n) is 6.28. The van der Waals surface area contributed by atoms with Crippen molar-refractivity contribution in [1.29, 1.82) is 0 Å². The van der Waals surface area contributed by atoms with Crippen molar-refractivity contribution in [3.63, 3.8) is 0 Å². The Bertz CT molecular complexity index is 822. The van der Waals surface area contributed by atoms with Crippen molar-refractivity contribution >= 4 is 17.5 Å². The fraction of sp³-hybridized carbons (Fsp3) is 0.316. The van der Waals surface area contributed by atoms with Crippen molar-refractivity contribution in [3.05, 3.63) is 59.2 Å². The molecule has 1 aliphatic heterocycles. The van der Waals surface area contributed by atoms with Gasteiger partial charge in [-0.25, -0.2) is 4.39 Å². The first-order valence-corrected chi connectivity index (χ1v) is 8.28. The number of hydrogen-bond donors (Lipinski definition) is 1. The fourth-order valence-corrected chi connectivity index (χ4v) is 3.10. The Hall–Kier alpha value is -2.76. The SMILES string of the molecule is Cc1cc(F)ccc1[C@@H](C)NC(=O)c1cncc(N2CCCC2=O)c1. The van der Waals surface area contributed by atoms with E-state index in [9.17, 15) is 14.0 Å². The summed E-state index contributed by atoms with van der Waals surface area (Å²) in [6.07, 6.45) is 4.41.